The fourth-order valence-corrected chi connectivity index (χ4v) is 3.03. The number of hydrogen-bond donors (Lipinski definition) is 1. The van der Waals surface area contributed by atoms with Crippen molar-refractivity contribution in [3.63, 3.8) is 0 Å². The number of halogens is 3. The van der Waals surface area contributed by atoms with Crippen molar-refractivity contribution < 1.29 is 0 Å². The van der Waals surface area contributed by atoms with Crippen LogP contribution in [-0.4, -0.2) is 6.54 Å². The molecule has 1 N–H and O–H groups in total. The van der Waals surface area contributed by atoms with Crippen LogP contribution < -0.4 is 5.32 Å². The maximum atomic E-state index is 6.31. The summed E-state index contributed by atoms with van der Waals surface area (Å²) in [5, 5.41) is 5.04. The van der Waals surface area contributed by atoms with E-state index >= 15 is 0 Å². The summed E-state index contributed by atoms with van der Waals surface area (Å²) in [5.41, 5.74) is 2.35. The van der Waals surface area contributed by atoms with Gasteiger partial charge in [0.1, 0.15) is 0 Å². The highest BCUT2D eigenvalue weighted by Gasteiger charge is 2.13. The van der Waals surface area contributed by atoms with Gasteiger partial charge in [0.15, 0.2) is 0 Å². The van der Waals surface area contributed by atoms with Crippen molar-refractivity contribution in [1.82, 2.24) is 5.32 Å². The van der Waals surface area contributed by atoms with Gasteiger partial charge in [0.05, 0.1) is 0 Å². The molecule has 2 aromatic rings. The van der Waals surface area contributed by atoms with E-state index in [1.54, 1.807) is 0 Å². The van der Waals surface area contributed by atoms with Crippen LogP contribution in [0.1, 0.15) is 24.1 Å². The molecular formula is C16H16BrCl2N. The van der Waals surface area contributed by atoms with Crippen molar-refractivity contribution in [2.24, 2.45) is 0 Å². The second-order valence-corrected chi connectivity index (χ2v) is 6.36. The van der Waals surface area contributed by atoms with E-state index < -0.39 is 0 Å². The Balaban J connectivity index is 2.22. The molecule has 1 atom stereocenters. The quantitative estimate of drug-likeness (QED) is 0.714. The molecule has 106 valence electrons. The van der Waals surface area contributed by atoms with E-state index in [1.807, 2.05) is 24.3 Å². The Morgan fingerprint density at radius 3 is 2.40 bits per heavy atom. The third-order valence-electron chi connectivity index (χ3n) is 3.16. The molecule has 1 unspecified atom stereocenters. The molecule has 0 aliphatic carbocycles. The summed E-state index contributed by atoms with van der Waals surface area (Å²) >= 11 is 15.7. The van der Waals surface area contributed by atoms with E-state index in [9.17, 15) is 0 Å². The first-order valence-corrected chi connectivity index (χ1v) is 8.08. The number of likely N-dealkylation sites (N-methyl/N-ethyl adjacent to an activating group) is 1. The van der Waals surface area contributed by atoms with E-state index in [4.69, 9.17) is 23.2 Å². The largest absolute Gasteiger partial charge is 0.310 e. The van der Waals surface area contributed by atoms with Crippen LogP contribution in [-0.2, 0) is 6.42 Å². The molecule has 0 aliphatic heterocycles. The van der Waals surface area contributed by atoms with Crippen molar-refractivity contribution in [2.45, 2.75) is 19.4 Å². The first-order chi connectivity index (χ1) is 9.60. The maximum Gasteiger partial charge on any atom is 0.0449 e. The molecule has 0 amide bonds. The first-order valence-electron chi connectivity index (χ1n) is 6.53. The lowest BCUT2D eigenvalue weighted by Gasteiger charge is -2.19. The molecule has 0 aromatic heterocycles. The molecule has 0 saturated heterocycles. The van der Waals surface area contributed by atoms with Gasteiger partial charge < -0.3 is 5.32 Å². The molecule has 0 radical (unpaired) electrons. The molecule has 0 saturated carbocycles. The smallest absolute Gasteiger partial charge is 0.0449 e. The van der Waals surface area contributed by atoms with E-state index in [-0.39, 0.29) is 6.04 Å². The summed E-state index contributed by atoms with van der Waals surface area (Å²) in [6.45, 7) is 3.01. The Hall–Kier alpha value is -0.540. The second kappa shape index (κ2) is 7.46. The third-order valence-corrected chi connectivity index (χ3v) is 4.26. The van der Waals surface area contributed by atoms with Crippen LogP contribution in [0.5, 0.6) is 0 Å². The SMILES string of the molecule is CCNC(Cc1ccc(Br)cc1Cl)c1ccc(Cl)cc1. The molecular weight excluding hydrogens is 357 g/mol. The minimum Gasteiger partial charge on any atom is -0.310 e. The van der Waals surface area contributed by atoms with Crippen molar-refractivity contribution in [3.05, 3.63) is 68.1 Å². The highest BCUT2D eigenvalue weighted by atomic mass is 79.9. The lowest BCUT2D eigenvalue weighted by Crippen LogP contribution is -2.23. The summed E-state index contributed by atoms with van der Waals surface area (Å²) in [6.07, 6.45) is 0.849. The summed E-state index contributed by atoms with van der Waals surface area (Å²) in [7, 11) is 0. The Morgan fingerprint density at radius 2 is 1.80 bits per heavy atom. The third kappa shape index (κ3) is 4.23. The van der Waals surface area contributed by atoms with E-state index in [0.29, 0.717) is 0 Å². The van der Waals surface area contributed by atoms with E-state index in [0.717, 1.165) is 33.0 Å². The average molecular weight is 373 g/mol. The summed E-state index contributed by atoms with van der Waals surface area (Å²) in [5.74, 6) is 0. The van der Waals surface area contributed by atoms with E-state index in [2.05, 4.69) is 46.4 Å². The molecule has 0 bridgehead atoms. The first kappa shape index (κ1) is 15.8. The van der Waals surface area contributed by atoms with Crippen LogP contribution in [0.3, 0.4) is 0 Å². The van der Waals surface area contributed by atoms with Crippen LogP contribution in [0.2, 0.25) is 10.0 Å². The molecule has 1 nitrogen and oxygen atoms in total. The number of benzene rings is 2. The monoisotopic (exact) mass is 371 g/mol. The maximum absolute atomic E-state index is 6.31. The van der Waals surface area contributed by atoms with Gasteiger partial charge in [-0.25, -0.2) is 0 Å². The van der Waals surface area contributed by atoms with Crippen LogP contribution >= 0.6 is 39.1 Å². The number of rotatable bonds is 5. The predicted molar refractivity (Wildman–Crippen MR) is 90.7 cm³/mol. The Labute approximate surface area is 138 Å². The van der Waals surface area contributed by atoms with Gasteiger partial charge in [-0.05, 0) is 48.4 Å². The molecule has 2 aromatic carbocycles. The molecule has 2 rings (SSSR count). The van der Waals surface area contributed by atoms with Crippen LogP contribution in [0.25, 0.3) is 0 Å². The Bertz CT molecular complexity index is 569. The van der Waals surface area contributed by atoms with Crippen molar-refractivity contribution in [3.8, 4) is 0 Å². The molecule has 20 heavy (non-hydrogen) atoms. The van der Waals surface area contributed by atoms with Gasteiger partial charge in [-0.1, -0.05) is 64.3 Å². The minimum atomic E-state index is 0.232. The van der Waals surface area contributed by atoms with Gasteiger partial charge in [0.25, 0.3) is 0 Å². The number of nitrogens with one attached hydrogen (secondary N) is 1. The minimum absolute atomic E-state index is 0.232. The van der Waals surface area contributed by atoms with Gasteiger partial charge in [0.2, 0.25) is 0 Å². The highest BCUT2D eigenvalue weighted by Crippen LogP contribution is 2.27. The van der Waals surface area contributed by atoms with Crippen molar-refractivity contribution >= 4 is 39.1 Å². The van der Waals surface area contributed by atoms with Crippen LogP contribution in [0.4, 0.5) is 0 Å². The summed E-state index contributed by atoms with van der Waals surface area (Å²) in [4.78, 5) is 0. The zero-order chi connectivity index (χ0) is 14.5. The molecule has 0 aliphatic rings. The normalized spacial score (nSPS) is 12.4. The fraction of sp³-hybridized carbons (Fsp3) is 0.250. The van der Waals surface area contributed by atoms with Gasteiger partial charge in [0, 0.05) is 20.6 Å². The average Bonchev–Trinajstić information content (AvgIpc) is 2.42. The van der Waals surface area contributed by atoms with Gasteiger partial charge >= 0.3 is 0 Å². The van der Waals surface area contributed by atoms with Gasteiger partial charge in [-0.3, -0.25) is 0 Å². The zero-order valence-electron chi connectivity index (χ0n) is 11.2. The molecule has 4 heteroatoms. The van der Waals surface area contributed by atoms with Crippen molar-refractivity contribution in [2.75, 3.05) is 6.54 Å². The summed E-state index contributed by atoms with van der Waals surface area (Å²) in [6, 6.07) is 14.2. The fourth-order valence-electron chi connectivity index (χ4n) is 2.16. The van der Waals surface area contributed by atoms with Gasteiger partial charge in [-0.2, -0.15) is 0 Å². The van der Waals surface area contributed by atoms with Crippen LogP contribution in [0.15, 0.2) is 46.9 Å². The standard InChI is InChI=1S/C16H16BrCl2N/c1-2-20-16(11-4-7-14(18)8-5-11)9-12-3-6-13(17)10-15(12)19/h3-8,10,16,20H,2,9H2,1H3. The highest BCUT2D eigenvalue weighted by molar-refractivity contribution is 9.10. The van der Waals surface area contributed by atoms with Crippen LogP contribution in [0, 0.1) is 0 Å². The van der Waals surface area contributed by atoms with E-state index in [1.165, 1.54) is 5.56 Å². The lowest BCUT2D eigenvalue weighted by atomic mass is 9.99. The van der Waals surface area contributed by atoms with Crippen molar-refractivity contribution in [1.29, 1.82) is 0 Å². The Kier molecular flexibility index (Phi) is 5.91. The second-order valence-electron chi connectivity index (χ2n) is 4.60. The topological polar surface area (TPSA) is 12.0 Å². The summed E-state index contributed by atoms with van der Waals surface area (Å²) < 4.78 is 0.998. The molecule has 0 heterocycles. The lowest BCUT2D eigenvalue weighted by molar-refractivity contribution is 0.550. The van der Waals surface area contributed by atoms with Gasteiger partial charge in [-0.15, -0.1) is 0 Å². The predicted octanol–water partition coefficient (Wildman–Crippen LogP) is 5.65. The Morgan fingerprint density at radius 1 is 1.10 bits per heavy atom. The molecule has 0 fully saturated rings. The molecule has 0 spiro atoms. The number of hydrogen-bond acceptors (Lipinski definition) is 1. The zero-order valence-corrected chi connectivity index (χ0v) is 14.3.